The number of hydrogen-bond donors (Lipinski definition) is 1. The molecule has 0 spiro atoms. The predicted molar refractivity (Wildman–Crippen MR) is 102 cm³/mol. The van der Waals surface area contributed by atoms with Gasteiger partial charge in [-0.25, -0.2) is 0 Å². The Morgan fingerprint density at radius 1 is 1.23 bits per heavy atom. The van der Waals surface area contributed by atoms with E-state index in [0.29, 0.717) is 28.9 Å². The number of halogens is 1. The van der Waals surface area contributed by atoms with E-state index in [9.17, 15) is 10.4 Å². The van der Waals surface area contributed by atoms with Gasteiger partial charge in [-0.15, -0.1) is 0 Å². The van der Waals surface area contributed by atoms with Gasteiger partial charge in [-0.3, -0.25) is 4.90 Å². The number of β-amino-alcohol motifs (C(OH)–C–C–N with tert-alkyl or cyclic N) is 1. The molecule has 0 unspecified atom stereocenters. The quantitative estimate of drug-likeness (QED) is 0.808. The van der Waals surface area contributed by atoms with Gasteiger partial charge in [0.05, 0.1) is 5.02 Å². The van der Waals surface area contributed by atoms with Crippen molar-refractivity contribution in [3.63, 3.8) is 0 Å². The second kappa shape index (κ2) is 9.05. The Labute approximate surface area is 159 Å². The Kier molecular flexibility index (Phi) is 6.51. The van der Waals surface area contributed by atoms with E-state index in [-0.39, 0.29) is 6.61 Å². The molecule has 2 aromatic rings. The summed E-state index contributed by atoms with van der Waals surface area (Å²) in [6.07, 6.45) is 2.69. The van der Waals surface area contributed by atoms with Crippen LogP contribution in [0.5, 0.6) is 5.75 Å². The van der Waals surface area contributed by atoms with E-state index >= 15 is 0 Å². The maximum Gasteiger partial charge on any atom is 0.138 e. The molecule has 5 heteroatoms. The third kappa shape index (κ3) is 4.76. The largest absolute Gasteiger partial charge is 0.489 e. The highest BCUT2D eigenvalue weighted by Gasteiger charge is 2.26. The van der Waals surface area contributed by atoms with Crippen LogP contribution in [0.2, 0.25) is 5.02 Å². The lowest BCUT2D eigenvalue weighted by Gasteiger charge is -2.27. The first-order valence-corrected chi connectivity index (χ1v) is 9.32. The molecule has 1 aliphatic heterocycles. The molecule has 2 aromatic carbocycles. The van der Waals surface area contributed by atoms with Gasteiger partial charge in [0.1, 0.15) is 30.1 Å². The van der Waals surface area contributed by atoms with Gasteiger partial charge < -0.3 is 9.84 Å². The van der Waals surface area contributed by atoms with Crippen molar-refractivity contribution in [3.05, 3.63) is 64.7 Å². The van der Waals surface area contributed by atoms with Crippen LogP contribution in [0, 0.1) is 11.3 Å². The molecule has 0 bridgehead atoms. The van der Waals surface area contributed by atoms with E-state index in [1.807, 2.05) is 12.1 Å². The summed E-state index contributed by atoms with van der Waals surface area (Å²) in [5, 5.41) is 20.0. The van der Waals surface area contributed by atoms with Crippen molar-refractivity contribution in [1.82, 2.24) is 4.90 Å². The Morgan fingerprint density at radius 3 is 2.81 bits per heavy atom. The van der Waals surface area contributed by atoms with Gasteiger partial charge in [0.15, 0.2) is 0 Å². The van der Waals surface area contributed by atoms with Crippen LogP contribution in [-0.4, -0.2) is 41.8 Å². The molecule has 136 valence electrons. The van der Waals surface area contributed by atoms with Crippen molar-refractivity contribution in [2.45, 2.75) is 31.4 Å². The maximum absolute atomic E-state index is 10.4. The smallest absolute Gasteiger partial charge is 0.138 e. The molecule has 1 saturated heterocycles. The first kappa shape index (κ1) is 18.7. The third-order valence-corrected chi connectivity index (χ3v) is 5.09. The molecule has 4 nitrogen and oxygen atoms in total. The average Bonchev–Trinajstić information content (AvgIpc) is 3.07. The molecule has 1 heterocycles. The zero-order chi connectivity index (χ0) is 18.4. The zero-order valence-corrected chi connectivity index (χ0v) is 15.4. The summed E-state index contributed by atoms with van der Waals surface area (Å²) in [7, 11) is 0. The Morgan fingerprint density at radius 2 is 2.04 bits per heavy atom. The molecular formula is C21H23ClN2O2. The van der Waals surface area contributed by atoms with Gasteiger partial charge in [-0.2, -0.15) is 5.26 Å². The van der Waals surface area contributed by atoms with E-state index in [0.717, 1.165) is 25.8 Å². The summed E-state index contributed by atoms with van der Waals surface area (Å²) in [6, 6.07) is 18.1. The van der Waals surface area contributed by atoms with Crippen molar-refractivity contribution in [3.8, 4) is 11.8 Å². The molecule has 2 atom stereocenters. The van der Waals surface area contributed by atoms with E-state index in [1.165, 1.54) is 5.56 Å². The van der Waals surface area contributed by atoms with Gasteiger partial charge >= 0.3 is 0 Å². The summed E-state index contributed by atoms with van der Waals surface area (Å²) < 4.78 is 5.65. The summed E-state index contributed by atoms with van der Waals surface area (Å²) >= 11 is 6.01. The van der Waals surface area contributed by atoms with Gasteiger partial charge in [0.25, 0.3) is 0 Å². The Bertz CT molecular complexity index is 760. The molecule has 3 rings (SSSR count). The monoisotopic (exact) mass is 370 g/mol. The number of nitriles is 1. The molecule has 26 heavy (non-hydrogen) atoms. The highest BCUT2D eigenvalue weighted by atomic mass is 35.5. The fourth-order valence-electron chi connectivity index (χ4n) is 3.50. The molecule has 0 amide bonds. The number of nitrogens with zero attached hydrogens (tertiary/aromatic N) is 2. The van der Waals surface area contributed by atoms with Crippen molar-refractivity contribution in [1.29, 1.82) is 5.26 Å². The number of likely N-dealkylation sites (tertiary alicyclic amines) is 1. The molecule has 0 aliphatic carbocycles. The van der Waals surface area contributed by atoms with Gasteiger partial charge in [-0.05, 0) is 43.5 Å². The second-order valence-corrected chi connectivity index (χ2v) is 7.08. The molecular weight excluding hydrogens is 348 g/mol. The van der Waals surface area contributed by atoms with E-state index in [2.05, 4.69) is 29.2 Å². The second-order valence-electron chi connectivity index (χ2n) is 6.67. The number of hydrogen-bond acceptors (Lipinski definition) is 4. The van der Waals surface area contributed by atoms with Crippen LogP contribution in [0.15, 0.2) is 48.5 Å². The van der Waals surface area contributed by atoms with E-state index in [4.69, 9.17) is 16.3 Å². The van der Waals surface area contributed by atoms with Crippen molar-refractivity contribution in [2.24, 2.45) is 0 Å². The van der Waals surface area contributed by atoms with E-state index < -0.39 is 6.10 Å². The minimum atomic E-state index is -0.614. The standard InChI is InChI=1S/C21H23ClN2O2/c22-20-9-4-10-21(19(20)13-23)26-15-18(25)14-24-11-5-8-17(24)12-16-6-2-1-3-7-16/h1-4,6-7,9-10,17-18,25H,5,8,11-12,14-15H2/t17-,18-/m1/s1. The van der Waals surface area contributed by atoms with Crippen LogP contribution in [0.1, 0.15) is 24.0 Å². The van der Waals surface area contributed by atoms with Crippen LogP contribution >= 0.6 is 11.6 Å². The SMILES string of the molecule is N#Cc1c(Cl)cccc1OC[C@H](O)CN1CCC[C@@H]1Cc1ccccc1. The molecule has 0 aromatic heterocycles. The van der Waals surface area contributed by atoms with Crippen LogP contribution in [0.4, 0.5) is 0 Å². The summed E-state index contributed by atoms with van der Waals surface area (Å²) in [5.74, 6) is 0.418. The van der Waals surface area contributed by atoms with Crippen molar-refractivity contribution < 1.29 is 9.84 Å². The predicted octanol–water partition coefficient (Wildman–Crippen LogP) is 3.66. The Balaban J connectivity index is 1.54. The first-order valence-electron chi connectivity index (χ1n) is 8.95. The summed E-state index contributed by atoms with van der Waals surface area (Å²) in [4.78, 5) is 2.34. The molecule has 1 aliphatic rings. The lowest BCUT2D eigenvalue weighted by Crippen LogP contribution is -2.39. The number of rotatable bonds is 7. The van der Waals surface area contributed by atoms with Crippen molar-refractivity contribution in [2.75, 3.05) is 19.7 Å². The lowest BCUT2D eigenvalue weighted by molar-refractivity contribution is 0.0639. The van der Waals surface area contributed by atoms with Gasteiger partial charge in [0.2, 0.25) is 0 Å². The normalized spacial score (nSPS) is 18.4. The fourth-order valence-corrected chi connectivity index (χ4v) is 3.70. The highest BCUT2D eigenvalue weighted by molar-refractivity contribution is 6.31. The average molecular weight is 371 g/mol. The van der Waals surface area contributed by atoms with Crippen LogP contribution in [0.3, 0.4) is 0 Å². The zero-order valence-electron chi connectivity index (χ0n) is 14.6. The van der Waals surface area contributed by atoms with Gasteiger partial charge in [-0.1, -0.05) is 48.0 Å². The lowest BCUT2D eigenvalue weighted by atomic mass is 10.0. The molecule has 1 N–H and O–H groups in total. The summed E-state index contributed by atoms with van der Waals surface area (Å²) in [6.45, 7) is 1.71. The number of ether oxygens (including phenoxy) is 1. The van der Waals surface area contributed by atoms with Crippen molar-refractivity contribution >= 4 is 11.6 Å². The maximum atomic E-state index is 10.4. The number of aliphatic hydroxyl groups is 1. The highest BCUT2D eigenvalue weighted by Crippen LogP contribution is 2.26. The third-order valence-electron chi connectivity index (χ3n) is 4.78. The number of benzene rings is 2. The van der Waals surface area contributed by atoms with E-state index in [1.54, 1.807) is 18.2 Å². The minimum Gasteiger partial charge on any atom is -0.489 e. The van der Waals surface area contributed by atoms with Crippen LogP contribution < -0.4 is 4.74 Å². The van der Waals surface area contributed by atoms with Crippen LogP contribution in [0.25, 0.3) is 0 Å². The Hall–Kier alpha value is -2.06. The topological polar surface area (TPSA) is 56.5 Å². The minimum absolute atomic E-state index is 0.142. The molecule has 0 saturated carbocycles. The molecule has 0 radical (unpaired) electrons. The fraction of sp³-hybridized carbons (Fsp3) is 0.381. The number of aliphatic hydroxyl groups excluding tert-OH is 1. The molecule has 1 fully saturated rings. The van der Waals surface area contributed by atoms with Gasteiger partial charge in [0, 0.05) is 12.6 Å². The van der Waals surface area contributed by atoms with Crippen LogP contribution in [-0.2, 0) is 6.42 Å². The first-order chi connectivity index (χ1) is 12.7. The summed E-state index contributed by atoms with van der Waals surface area (Å²) in [5.41, 5.74) is 1.64.